The van der Waals surface area contributed by atoms with Crippen molar-refractivity contribution < 1.29 is 0 Å². The van der Waals surface area contributed by atoms with Gasteiger partial charge in [-0.05, 0) is 122 Å². The molecule has 1 heteroatoms. The molecule has 57 heavy (non-hydrogen) atoms. The Morgan fingerprint density at radius 1 is 0.491 bits per heavy atom. The summed E-state index contributed by atoms with van der Waals surface area (Å²) in [4.78, 5) is 2.53. The minimum absolute atomic E-state index is 0.375. The van der Waals surface area contributed by atoms with Crippen molar-refractivity contribution in [1.29, 1.82) is 0 Å². The molecule has 0 unspecified atom stereocenters. The Kier molecular flexibility index (Phi) is 9.10. The maximum atomic E-state index is 2.53. The van der Waals surface area contributed by atoms with Crippen LogP contribution in [0.2, 0.25) is 0 Å². The average molecular weight is 736 g/mol. The third-order valence-corrected chi connectivity index (χ3v) is 12.9. The predicted octanol–water partition coefficient (Wildman–Crippen LogP) is 15.5. The Bertz CT molecular complexity index is 2630. The number of anilines is 3. The van der Waals surface area contributed by atoms with Crippen molar-refractivity contribution in [1.82, 2.24) is 0 Å². The molecule has 278 valence electrons. The molecule has 0 aromatic heterocycles. The van der Waals surface area contributed by atoms with Gasteiger partial charge in [-0.25, -0.2) is 0 Å². The van der Waals surface area contributed by atoms with Crippen molar-refractivity contribution in [2.24, 2.45) is 0 Å². The lowest BCUT2D eigenvalue weighted by Crippen LogP contribution is -2.28. The molecule has 1 saturated carbocycles. The Morgan fingerprint density at radius 2 is 1.09 bits per heavy atom. The quantitative estimate of drug-likeness (QED) is 0.150. The van der Waals surface area contributed by atoms with Crippen LogP contribution in [0.1, 0.15) is 91.2 Å². The van der Waals surface area contributed by atoms with Gasteiger partial charge in [-0.15, -0.1) is 0 Å². The zero-order valence-corrected chi connectivity index (χ0v) is 33.0. The van der Waals surface area contributed by atoms with Gasteiger partial charge in [0.15, 0.2) is 0 Å². The summed E-state index contributed by atoms with van der Waals surface area (Å²) in [5.74, 6) is 1.02. The van der Waals surface area contributed by atoms with E-state index in [-0.39, 0.29) is 0 Å². The first-order valence-corrected chi connectivity index (χ1v) is 21.0. The Balaban J connectivity index is 1.27. The molecule has 8 aromatic carbocycles. The standard InChI is InChI=1S/C56H49N/c1-39(2)49-28-17-29-52-55(49)50-35-34-48(38-53(50)56(52,45-24-11-5-12-25-45)46-26-13-6-14-27-46)57(47-32-30-41(31-33-47)40-18-7-3-8-19-40)54-37-44-23-16-15-22-43(44)36-51(54)42-20-9-4-10-21-42/h4-6,9-17,20-40H,3,7-8,18-19H2,1-2H3. The second kappa shape index (κ2) is 14.7. The molecule has 0 radical (unpaired) electrons. The van der Waals surface area contributed by atoms with Crippen LogP contribution in [0.3, 0.4) is 0 Å². The molecular weight excluding hydrogens is 687 g/mol. The van der Waals surface area contributed by atoms with E-state index in [1.54, 1.807) is 0 Å². The molecule has 0 atom stereocenters. The summed E-state index contributed by atoms with van der Waals surface area (Å²) >= 11 is 0. The van der Waals surface area contributed by atoms with E-state index in [1.807, 2.05) is 0 Å². The fourth-order valence-corrected chi connectivity index (χ4v) is 10.2. The normalized spacial score (nSPS) is 14.7. The Morgan fingerprint density at radius 3 is 1.74 bits per heavy atom. The van der Waals surface area contributed by atoms with Crippen LogP contribution < -0.4 is 4.90 Å². The van der Waals surface area contributed by atoms with Crippen LogP contribution in [0.5, 0.6) is 0 Å². The first-order chi connectivity index (χ1) is 28.1. The van der Waals surface area contributed by atoms with Gasteiger partial charge in [-0.3, -0.25) is 0 Å². The zero-order valence-electron chi connectivity index (χ0n) is 33.0. The number of hydrogen-bond acceptors (Lipinski definition) is 1. The maximum Gasteiger partial charge on any atom is 0.0714 e. The Labute approximate surface area is 338 Å². The first-order valence-electron chi connectivity index (χ1n) is 21.0. The van der Waals surface area contributed by atoms with E-state index in [0.717, 1.165) is 5.69 Å². The third kappa shape index (κ3) is 6.00. The highest BCUT2D eigenvalue weighted by molar-refractivity contribution is 5.99. The van der Waals surface area contributed by atoms with E-state index in [4.69, 9.17) is 0 Å². The fraction of sp³-hybridized carbons (Fsp3) is 0.179. The van der Waals surface area contributed by atoms with Gasteiger partial charge in [0.1, 0.15) is 0 Å². The topological polar surface area (TPSA) is 3.24 Å². The molecule has 0 N–H and O–H groups in total. The summed E-state index contributed by atoms with van der Waals surface area (Å²) in [6, 6.07) is 70.9. The van der Waals surface area contributed by atoms with Gasteiger partial charge in [0.25, 0.3) is 0 Å². The summed E-state index contributed by atoms with van der Waals surface area (Å²) < 4.78 is 0. The van der Waals surface area contributed by atoms with E-state index in [0.29, 0.717) is 11.8 Å². The maximum absolute atomic E-state index is 2.53. The average Bonchev–Trinajstić information content (AvgIpc) is 3.58. The molecule has 2 aliphatic rings. The van der Waals surface area contributed by atoms with E-state index in [2.05, 4.69) is 207 Å². The van der Waals surface area contributed by atoms with Gasteiger partial charge in [0.05, 0.1) is 11.1 Å². The molecule has 2 aliphatic carbocycles. The molecule has 10 rings (SSSR count). The molecular formula is C56H49N. The monoisotopic (exact) mass is 735 g/mol. The van der Waals surface area contributed by atoms with Gasteiger partial charge in [-0.1, -0.05) is 185 Å². The molecule has 1 nitrogen and oxygen atoms in total. The number of hydrogen-bond donors (Lipinski definition) is 0. The molecule has 8 aromatic rings. The minimum Gasteiger partial charge on any atom is -0.310 e. The highest BCUT2D eigenvalue weighted by atomic mass is 15.1. The van der Waals surface area contributed by atoms with Gasteiger partial charge in [0.2, 0.25) is 0 Å². The summed E-state index contributed by atoms with van der Waals surface area (Å²) in [6.45, 7) is 4.66. The highest BCUT2D eigenvalue weighted by Crippen LogP contribution is 2.59. The van der Waals surface area contributed by atoms with Gasteiger partial charge in [0, 0.05) is 16.9 Å². The first kappa shape index (κ1) is 35.2. The van der Waals surface area contributed by atoms with Crippen LogP contribution in [0.4, 0.5) is 17.1 Å². The van der Waals surface area contributed by atoms with Crippen LogP contribution in [-0.2, 0) is 5.41 Å². The lowest BCUT2D eigenvalue weighted by Gasteiger charge is -2.35. The predicted molar refractivity (Wildman–Crippen MR) is 241 cm³/mol. The summed E-state index contributed by atoms with van der Waals surface area (Å²) in [5.41, 5.74) is 16.2. The van der Waals surface area contributed by atoms with E-state index < -0.39 is 5.41 Å². The number of benzene rings is 8. The van der Waals surface area contributed by atoms with Crippen molar-refractivity contribution in [3.05, 3.63) is 221 Å². The van der Waals surface area contributed by atoms with E-state index >= 15 is 0 Å². The van der Waals surface area contributed by atoms with Gasteiger partial charge in [-0.2, -0.15) is 0 Å². The fourth-order valence-electron chi connectivity index (χ4n) is 10.2. The van der Waals surface area contributed by atoms with Crippen molar-refractivity contribution in [3.8, 4) is 22.3 Å². The number of rotatable bonds is 8. The van der Waals surface area contributed by atoms with Crippen LogP contribution in [0.15, 0.2) is 188 Å². The SMILES string of the molecule is CC(C)c1cccc2c1-c1ccc(N(c3ccc(C4CCCCC4)cc3)c3cc4ccccc4cc3-c3ccccc3)cc1C2(c1ccccc1)c1ccccc1. The molecule has 0 saturated heterocycles. The molecule has 0 aliphatic heterocycles. The molecule has 1 fully saturated rings. The van der Waals surface area contributed by atoms with Crippen LogP contribution in [0.25, 0.3) is 33.0 Å². The van der Waals surface area contributed by atoms with Gasteiger partial charge < -0.3 is 4.90 Å². The largest absolute Gasteiger partial charge is 0.310 e. The Hall–Kier alpha value is -6.18. The summed E-state index contributed by atoms with van der Waals surface area (Å²) in [5, 5.41) is 2.47. The van der Waals surface area contributed by atoms with Crippen LogP contribution >= 0.6 is 0 Å². The van der Waals surface area contributed by atoms with E-state index in [9.17, 15) is 0 Å². The van der Waals surface area contributed by atoms with Crippen molar-refractivity contribution in [3.63, 3.8) is 0 Å². The third-order valence-electron chi connectivity index (χ3n) is 12.9. The lowest BCUT2D eigenvalue weighted by molar-refractivity contribution is 0.443. The number of nitrogens with zero attached hydrogens (tertiary/aromatic N) is 1. The molecule has 0 heterocycles. The minimum atomic E-state index is -0.504. The molecule has 0 amide bonds. The van der Waals surface area contributed by atoms with Gasteiger partial charge >= 0.3 is 0 Å². The van der Waals surface area contributed by atoms with Crippen molar-refractivity contribution in [2.75, 3.05) is 4.90 Å². The van der Waals surface area contributed by atoms with E-state index in [1.165, 1.54) is 110 Å². The van der Waals surface area contributed by atoms with Crippen LogP contribution in [0, 0.1) is 0 Å². The zero-order chi connectivity index (χ0) is 38.3. The second-order valence-corrected chi connectivity index (χ2v) is 16.5. The van der Waals surface area contributed by atoms with Crippen LogP contribution in [-0.4, -0.2) is 0 Å². The van der Waals surface area contributed by atoms with Crippen molar-refractivity contribution in [2.45, 2.75) is 63.2 Å². The summed E-state index contributed by atoms with van der Waals surface area (Å²) in [6.07, 6.45) is 6.60. The smallest absolute Gasteiger partial charge is 0.0714 e. The second-order valence-electron chi connectivity index (χ2n) is 16.5. The highest BCUT2D eigenvalue weighted by Gasteiger charge is 2.47. The molecule has 0 bridgehead atoms. The lowest BCUT2D eigenvalue weighted by atomic mass is 9.67. The summed E-state index contributed by atoms with van der Waals surface area (Å²) in [7, 11) is 0. The molecule has 0 spiro atoms. The van der Waals surface area contributed by atoms with Crippen molar-refractivity contribution >= 4 is 27.8 Å². The number of fused-ring (bicyclic) bond motifs is 4.